The van der Waals surface area contributed by atoms with Crippen molar-refractivity contribution >= 4 is 36.2 Å². The number of nitrogens with zero attached hydrogens (tertiary/aromatic N) is 1. The molecule has 3 unspecified atom stereocenters. The molecule has 40 heavy (non-hydrogen) atoms. The average Bonchev–Trinajstić information content (AvgIpc) is 2.85. The van der Waals surface area contributed by atoms with Crippen LogP contribution < -0.4 is 10.6 Å². The van der Waals surface area contributed by atoms with Gasteiger partial charge in [-0.05, 0) is 90.0 Å². The summed E-state index contributed by atoms with van der Waals surface area (Å²) in [6.07, 6.45) is 0.852. The second kappa shape index (κ2) is 14.6. The minimum atomic E-state index is -0.987. The van der Waals surface area contributed by atoms with E-state index in [1.165, 1.54) is 0 Å². The molecule has 0 aliphatic heterocycles. The molecular weight excluding hydrogens is 522 g/mol. The summed E-state index contributed by atoms with van der Waals surface area (Å²) in [5.41, 5.74) is 3.49. The number of amides is 3. The summed E-state index contributed by atoms with van der Waals surface area (Å²) >= 11 is 4.41. The third-order valence-corrected chi connectivity index (χ3v) is 7.09. The van der Waals surface area contributed by atoms with Gasteiger partial charge >= 0.3 is 6.09 Å². The number of hydrogen-bond acceptors (Lipinski definition) is 5. The second-order valence-corrected chi connectivity index (χ2v) is 12.4. The molecule has 2 rings (SSSR count). The van der Waals surface area contributed by atoms with Crippen LogP contribution >= 0.6 is 12.6 Å². The fraction of sp³-hybridized carbons (Fsp3) is 0.531. The predicted molar refractivity (Wildman–Crippen MR) is 166 cm³/mol. The van der Waals surface area contributed by atoms with Gasteiger partial charge in [-0.3, -0.25) is 9.59 Å². The molecule has 0 aliphatic rings. The molecule has 3 atom stereocenters. The minimum absolute atomic E-state index is 0.0460. The van der Waals surface area contributed by atoms with Crippen molar-refractivity contribution in [3.63, 3.8) is 0 Å². The molecule has 0 fully saturated rings. The lowest BCUT2D eigenvalue weighted by atomic mass is 9.93. The van der Waals surface area contributed by atoms with E-state index in [0.29, 0.717) is 18.0 Å². The lowest BCUT2D eigenvalue weighted by molar-refractivity contribution is -0.143. The molecule has 0 heterocycles. The van der Waals surface area contributed by atoms with Crippen LogP contribution in [-0.4, -0.2) is 46.2 Å². The number of ether oxygens (including phenoxy) is 1. The number of aryl methyl sites for hydroxylation is 3. The number of benzene rings is 2. The van der Waals surface area contributed by atoms with Gasteiger partial charge in [-0.25, -0.2) is 4.79 Å². The van der Waals surface area contributed by atoms with Crippen LogP contribution in [0.5, 0.6) is 0 Å². The Bertz CT molecular complexity index is 1170. The van der Waals surface area contributed by atoms with Crippen molar-refractivity contribution in [1.82, 2.24) is 10.2 Å². The van der Waals surface area contributed by atoms with E-state index in [1.807, 2.05) is 70.2 Å². The number of carbonyl (C=O) groups is 3. The van der Waals surface area contributed by atoms with Gasteiger partial charge in [0.2, 0.25) is 5.91 Å². The average molecular weight is 570 g/mol. The molecular formula is C32H47N3O4S. The first-order valence-electron chi connectivity index (χ1n) is 14.0. The van der Waals surface area contributed by atoms with E-state index < -0.39 is 23.8 Å². The topological polar surface area (TPSA) is 87.7 Å². The normalized spacial score (nSPS) is 13.8. The molecule has 0 radical (unpaired) electrons. The lowest BCUT2D eigenvalue weighted by Gasteiger charge is -2.39. The Balaban J connectivity index is 2.64. The summed E-state index contributed by atoms with van der Waals surface area (Å²) in [7, 11) is 0. The van der Waals surface area contributed by atoms with Crippen molar-refractivity contribution in [2.75, 3.05) is 11.1 Å². The van der Waals surface area contributed by atoms with Gasteiger partial charge in [0, 0.05) is 17.5 Å². The molecule has 220 valence electrons. The molecule has 0 aliphatic carbocycles. The van der Waals surface area contributed by atoms with Gasteiger partial charge in [-0.2, -0.15) is 12.6 Å². The van der Waals surface area contributed by atoms with Crippen molar-refractivity contribution in [2.24, 2.45) is 5.92 Å². The SMILES string of the molecule is Cc1ccc(C)c(C(C(=O)Nc2ccccc2C)N(C(=O)C(CS)NC(=O)OC(C)(C)C)C(C)CCC(C)C)c1. The molecule has 0 spiro atoms. The quantitative estimate of drug-likeness (QED) is 0.261. The van der Waals surface area contributed by atoms with Crippen LogP contribution in [0.3, 0.4) is 0 Å². The second-order valence-electron chi connectivity index (χ2n) is 12.0. The monoisotopic (exact) mass is 569 g/mol. The van der Waals surface area contributed by atoms with E-state index in [-0.39, 0.29) is 23.6 Å². The van der Waals surface area contributed by atoms with E-state index in [9.17, 15) is 14.4 Å². The fourth-order valence-electron chi connectivity index (χ4n) is 4.51. The standard InChI is InChI=1S/C32H47N3O4S/c1-20(2)14-17-24(6)35(30(37)27(19-40)34-31(38)39-32(7,8)9)28(25-18-21(3)15-16-22(25)4)29(36)33-26-13-11-10-12-23(26)5/h10-13,15-16,18,20,24,27-28,40H,14,17,19H2,1-9H3,(H,33,36)(H,34,38). The van der Waals surface area contributed by atoms with Crippen LogP contribution in [0, 0.1) is 26.7 Å². The Kier molecular flexibility index (Phi) is 12.1. The number of rotatable bonds is 11. The first kappa shape index (κ1) is 33.2. The van der Waals surface area contributed by atoms with E-state index in [2.05, 4.69) is 37.1 Å². The number of nitrogens with one attached hydrogen (secondary N) is 2. The molecule has 0 aromatic heterocycles. The number of thiol groups is 1. The Morgan fingerprint density at radius 2 is 1.60 bits per heavy atom. The van der Waals surface area contributed by atoms with Crippen LogP contribution in [-0.2, 0) is 14.3 Å². The first-order valence-corrected chi connectivity index (χ1v) is 14.6. The molecule has 0 bridgehead atoms. The highest BCUT2D eigenvalue weighted by Gasteiger charge is 2.39. The van der Waals surface area contributed by atoms with E-state index in [0.717, 1.165) is 28.7 Å². The Morgan fingerprint density at radius 3 is 2.17 bits per heavy atom. The summed E-state index contributed by atoms with van der Waals surface area (Å²) in [5.74, 6) is -0.240. The zero-order valence-electron chi connectivity index (χ0n) is 25.5. The minimum Gasteiger partial charge on any atom is -0.444 e. The summed E-state index contributed by atoms with van der Waals surface area (Å²) in [6, 6.07) is 11.3. The van der Waals surface area contributed by atoms with Crippen LogP contribution in [0.15, 0.2) is 42.5 Å². The van der Waals surface area contributed by atoms with Gasteiger partial charge in [0.15, 0.2) is 0 Å². The van der Waals surface area contributed by atoms with E-state index in [1.54, 1.807) is 25.7 Å². The van der Waals surface area contributed by atoms with Gasteiger partial charge in [0.1, 0.15) is 17.7 Å². The molecule has 8 heteroatoms. The van der Waals surface area contributed by atoms with Crippen molar-refractivity contribution < 1.29 is 19.1 Å². The highest BCUT2D eigenvalue weighted by atomic mass is 32.1. The molecule has 7 nitrogen and oxygen atoms in total. The first-order chi connectivity index (χ1) is 18.6. The molecule has 2 aromatic rings. The zero-order valence-corrected chi connectivity index (χ0v) is 26.4. The van der Waals surface area contributed by atoms with E-state index in [4.69, 9.17) is 4.74 Å². The van der Waals surface area contributed by atoms with Gasteiger partial charge in [0.25, 0.3) is 5.91 Å². The fourth-order valence-corrected chi connectivity index (χ4v) is 4.76. The smallest absolute Gasteiger partial charge is 0.408 e. The Hall–Kier alpha value is -3.00. The van der Waals surface area contributed by atoms with Gasteiger partial charge < -0.3 is 20.3 Å². The summed E-state index contributed by atoms with van der Waals surface area (Å²) < 4.78 is 5.42. The van der Waals surface area contributed by atoms with Crippen molar-refractivity contribution in [1.29, 1.82) is 0 Å². The number of alkyl carbamates (subject to hydrolysis) is 1. The van der Waals surface area contributed by atoms with Gasteiger partial charge in [0.05, 0.1) is 0 Å². The third-order valence-electron chi connectivity index (χ3n) is 6.72. The molecule has 0 saturated carbocycles. The van der Waals surface area contributed by atoms with Crippen molar-refractivity contribution in [3.05, 3.63) is 64.7 Å². The molecule has 2 N–H and O–H groups in total. The maximum atomic E-state index is 14.3. The van der Waals surface area contributed by atoms with Gasteiger partial charge in [-0.15, -0.1) is 0 Å². The molecule has 3 amide bonds. The maximum absolute atomic E-state index is 14.3. The highest BCUT2D eigenvalue weighted by molar-refractivity contribution is 7.80. The molecule has 2 aromatic carbocycles. The maximum Gasteiger partial charge on any atom is 0.408 e. The largest absolute Gasteiger partial charge is 0.444 e. The summed E-state index contributed by atoms with van der Waals surface area (Å²) in [4.78, 5) is 42.8. The van der Waals surface area contributed by atoms with Crippen LogP contribution in [0.25, 0.3) is 0 Å². The third kappa shape index (κ3) is 9.58. The lowest BCUT2D eigenvalue weighted by Crippen LogP contribution is -2.55. The van der Waals surface area contributed by atoms with Crippen molar-refractivity contribution in [3.8, 4) is 0 Å². The number of para-hydroxylation sites is 1. The van der Waals surface area contributed by atoms with E-state index >= 15 is 0 Å². The van der Waals surface area contributed by atoms with Crippen LogP contribution in [0.2, 0.25) is 0 Å². The zero-order chi connectivity index (χ0) is 30.2. The highest BCUT2D eigenvalue weighted by Crippen LogP contribution is 2.31. The molecule has 0 saturated heterocycles. The number of carbonyl (C=O) groups excluding carboxylic acids is 3. The summed E-state index contributed by atoms with van der Waals surface area (Å²) in [5, 5.41) is 5.77. The number of hydrogen-bond donors (Lipinski definition) is 3. The van der Waals surface area contributed by atoms with Crippen LogP contribution in [0.4, 0.5) is 10.5 Å². The Morgan fingerprint density at radius 1 is 0.950 bits per heavy atom. The number of anilines is 1. The summed E-state index contributed by atoms with van der Waals surface area (Å²) in [6.45, 7) is 17.3. The Labute approximate surface area is 245 Å². The predicted octanol–water partition coefficient (Wildman–Crippen LogP) is 6.77. The van der Waals surface area contributed by atoms with Crippen LogP contribution in [0.1, 0.15) is 82.7 Å². The van der Waals surface area contributed by atoms with Crippen molar-refractivity contribution in [2.45, 2.75) is 98.9 Å². The van der Waals surface area contributed by atoms with Gasteiger partial charge in [-0.1, -0.05) is 55.8 Å².